The van der Waals surface area contributed by atoms with Crippen molar-refractivity contribution in [3.8, 4) is 5.75 Å². The van der Waals surface area contributed by atoms with Gasteiger partial charge in [-0.25, -0.2) is 4.39 Å². The fourth-order valence-corrected chi connectivity index (χ4v) is 3.93. The summed E-state index contributed by atoms with van der Waals surface area (Å²) in [5.74, 6) is -2.16. The predicted molar refractivity (Wildman–Crippen MR) is 97.8 cm³/mol. The summed E-state index contributed by atoms with van der Waals surface area (Å²) in [6.45, 7) is 1.91. The lowest BCUT2D eigenvalue weighted by atomic mass is 9.92. The van der Waals surface area contributed by atoms with Crippen LogP contribution >= 0.6 is 23.2 Å². The van der Waals surface area contributed by atoms with Crippen molar-refractivity contribution in [3.63, 3.8) is 0 Å². The summed E-state index contributed by atoms with van der Waals surface area (Å²) in [5, 5.41) is 9.28. The zero-order chi connectivity index (χ0) is 20.2. The van der Waals surface area contributed by atoms with Crippen molar-refractivity contribution in [2.45, 2.75) is 50.3 Å². The molecule has 0 saturated heterocycles. The van der Waals surface area contributed by atoms with Crippen LogP contribution in [0, 0.1) is 17.7 Å². The predicted octanol–water partition coefficient (Wildman–Crippen LogP) is 6.23. The Kier molecular flexibility index (Phi) is 7.83. The van der Waals surface area contributed by atoms with Crippen molar-refractivity contribution >= 4 is 23.2 Å². The van der Waals surface area contributed by atoms with Gasteiger partial charge in [0, 0.05) is 11.3 Å². The fraction of sp³-hybridized carbons (Fsp3) is 0.579. The molecule has 1 N–H and O–H groups in total. The number of alkyl halides is 4. The molecule has 0 aromatic heterocycles. The van der Waals surface area contributed by atoms with Gasteiger partial charge < -0.3 is 9.84 Å². The standard InChI is InChI=1S/C19H22Cl2F4O2/c1-2-3-4-5-6-12-13(16(26)9-14(12)20)10-27-17-8-11(19(23,24)25)7-15(21)18(17)22/h4-5,7-8,12-14,16,26H,2-3,6,9-10H2,1H3/b5-4-/t12-,13-,14-,16-/m1/s1. The Morgan fingerprint density at radius 3 is 2.59 bits per heavy atom. The van der Waals surface area contributed by atoms with Crippen molar-refractivity contribution in [1.82, 2.24) is 0 Å². The van der Waals surface area contributed by atoms with Crippen molar-refractivity contribution in [2.75, 3.05) is 6.61 Å². The zero-order valence-electron chi connectivity index (χ0n) is 14.8. The monoisotopic (exact) mass is 428 g/mol. The topological polar surface area (TPSA) is 29.5 Å². The summed E-state index contributed by atoms with van der Waals surface area (Å²) in [6.07, 6.45) is 1.48. The number of hydrogen-bond donors (Lipinski definition) is 1. The largest absolute Gasteiger partial charge is 0.490 e. The van der Waals surface area contributed by atoms with Crippen LogP contribution in [0.2, 0.25) is 5.02 Å². The van der Waals surface area contributed by atoms with Crippen LogP contribution in [0.25, 0.3) is 0 Å². The molecular formula is C19H22Cl2F4O2. The molecule has 0 aliphatic heterocycles. The highest BCUT2D eigenvalue weighted by Gasteiger charge is 2.41. The molecule has 152 valence electrons. The molecule has 0 amide bonds. The SMILES string of the molecule is CCC/C=C\C[C@@H]1[C@@H](COc2cc(C(F)(F)F)cc(Cl)c2F)[C@H](O)C[C@H]1Cl. The maximum atomic E-state index is 14.1. The van der Waals surface area contributed by atoms with Gasteiger partial charge in [0.15, 0.2) is 11.6 Å². The van der Waals surface area contributed by atoms with E-state index in [9.17, 15) is 22.7 Å². The Hall–Kier alpha value is -0.980. The van der Waals surface area contributed by atoms with Gasteiger partial charge in [-0.1, -0.05) is 37.1 Å². The Morgan fingerprint density at radius 1 is 1.26 bits per heavy atom. The van der Waals surface area contributed by atoms with Crippen molar-refractivity contribution in [3.05, 3.63) is 40.7 Å². The summed E-state index contributed by atoms with van der Waals surface area (Å²) in [4.78, 5) is 0. The first-order valence-electron chi connectivity index (χ1n) is 8.81. The summed E-state index contributed by atoms with van der Waals surface area (Å²) in [5.41, 5.74) is -1.09. The van der Waals surface area contributed by atoms with Crippen molar-refractivity contribution in [1.29, 1.82) is 0 Å². The average molecular weight is 429 g/mol. The van der Waals surface area contributed by atoms with Crippen molar-refractivity contribution in [2.24, 2.45) is 11.8 Å². The van der Waals surface area contributed by atoms with Crippen LogP contribution in [0.1, 0.15) is 38.2 Å². The molecule has 1 aromatic rings. The second-order valence-electron chi connectivity index (χ2n) is 6.72. The lowest BCUT2D eigenvalue weighted by molar-refractivity contribution is -0.137. The third-order valence-electron chi connectivity index (χ3n) is 4.76. The first-order chi connectivity index (χ1) is 12.6. The number of aliphatic hydroxyl groups is 1. The minimum Gasteiger partial charge on any atom is -0.490 e. The minimum absolute atomic E-state index is 0.112. The Labute approximate surface area is 166 Å². The van der Waals surface area contributed by atoms with Crippen LogP contribution in [-0.2, 0) is 6.18 Å². The Balaban J connectivity index is 2.12. The molecule has 0 unspecified atom stereocenters. The maximum absolute atomic E-state index is 14.1. The molecular weight excluding hydrogens is 407 g/mol. The van der Waals surface area contributed by atoms with E-state index in [2.05, 4.69) is 6.92 Å². The fourth-order valence-electron chi connectivity index (χ4n) is 3.25. The third kappa shape index (κ3) is 5.75. The van der Waals surface area contributed by atoms with E-state index in [-0.39, 0.29) is 17.9 Å². The molecule has 1 aliphatic carbocycles. The summed E-state index contributed by atoms with van der Waals surface area (Å²) < 4.78 is 58.1. The molecule has 1 fully saturated rings. The van der Waals surface area contributed by atoms with Crippen LogP contribution in [0.5, 0.6) is 5.75 Å². The second kappa shape index (κ2) is 9.48. The molecule has 1 aromatic carbocycles. The highest BCUT2D eigenvalue weighted by Crippen LogP contribution is 2.40. The van der Waals surface area contributed by atoms with Gasteiger partial charge in [-0.05, 0) is 37.3 Å². The minimum atomic E-state index is -4.67. The Morgan fingerprint density at radius 2 is 1.96 bits per heavy atom. The number of hydrogen-bond acceptors (Lipinski definition) is 2. The normalized spacial score (nSPS) is 26.1. The number of unbranched alkanes of at least 4 members (excludes halogenated alkanes) is 1. The summed E-state index contributed by atoms with van der Waals surface area (Å²) >= 11 is 11.9. The van der Waals surface area contributed by atoms with E-state index < -0.39 is 40.4 Å². The van der Waals surface area contributed by atoms with E-state index in [4.69, 9.17) is 27.9 Å². The molecule has 0 radical (unpaired) electrons. The lowest BCUT2D eigenvalue weighted by Crippen LogP contribution is -2.27. The van der Waals surface area contributed by atoms with Gasteiger partial charge in [0.05, 0.1) is 23.3 Å². The van der Waals surface area contributed by atoms with Crippen LogP contribution in [0.3, 0.4) is 0 Å². The van der Waals surface area contributed by atoms with Crippen molar-refractivity contribution < 1.29 is 27.4 Å². The molecule has 8 heteroatoms. The lowest BCUT2D eigenvalue weighted by Gasteiger charge is -2.23. The second-order valence-corrected chi connectivity index (χ2v) is 7.69. The maximum Gasteiger partial charge on any atom is 0.416 e. The van der Waals surface area contributed by atoms with Crippen LogP contribution in [0.4, 0.5) is 17.6 Å². The summed E-state index contributed by atoms with van der Waals surface area (Å²) in [6, 6.07) is 1.10. The van der Waals surface area contributed by atoms with Crippen LogP contribution in [0.15, 0.2) is 24.3 Å². The smallest absolute Gasteiger partial charge is 0.416 e. The number of aliphatic hydroxyl groups excluding tert-OH is 1. The first kappa shape index (κ1) is 22.3. The molecule has 0 spiro atoms. The van der Waals surface area contributed by atoms with Gasteiger partial charge >= 0.3 is 6.18 Å². The van der Waals surface area contributed by atoms with E-state index in [0.29, 0.717) is 25.0 Å². The number of rotatable bonds is 7. The Bertz CT molecular complexity index is 664. The van der Waals surface area contributed by atoms with E-state index in [1.807, 2.05) is 12.2 Å². The van der Waals surface area contributed by atoms with Gasteiger partial charge in [-0.15, -0.1) is 11.6 Å². The highest BCUT2D eigenvalue weighted by atomic mass is 35.5. The highest BCUT2D eigenvalue weighted by molar-refractivity contribution is 6.31. The molecule has 2 rings (SSSR count). The number of allylic oxidation sites excluding steroid dienone is 2. The van der Waals surface area contributed by atoms with Crippen LogP contribution in [-0.4, -0.2) is 23.2 Å². The van der Waals surface area contributed by atoms with E-state index >= 15 is 0 Å². The molecule has 0 bridgehead atoms. The molecule has 1 saturated carbocycles. The number of ether oxygens (including phenoxy) is 1. The molecule has 1 aliphatic rings. The number of halogens is 6. The van der Waals surface area contributed by atoms with Gasteiger partial charge in [0.2, 0.25) is 0 Å². The zero-order valence-corrected chi connectivity index (χ0v) is 16.3. The number of benzene rings is 1. The molecule has 2 nitrogen and oxygen atoms in total. The summed E-state index contributed by atoms with van der Waals surface area (Å²) in [7, 11) is 0. The van der Waals surface area contributed by atoms with E-state index in [1.165, 1.54) is 0 Å². The van der Waals surface area contributed by atoms with Gasteiger partial charge in [0.1, 0.15) is 0 Å². The van der Waals surface area contributed by atoms with E-state index in [1.54, 1.807) is 0 Å². The van der Waals surface area contributed by atoms with Gasteiger partial charge in [-0.3, -0.25) is 0 Å². The quantitative estimate of drug-likeness (QED) is 0.317. The van der Waals surface area contributed by atoms with Gasteiger partial charge in [0.25, 0.3) is 0 Å². The van der Waals surface area contributed by atoms with Gasteiger partial charge in [-0.2, -0.15) is 13.2 Å². The van der Waals surface area contributed by atoms with E-state index in [0.717, 1.165) is 12.8 Å². The molecule has 0 heterocycles. The van der Waals surface area contributed by atoms with Crippen LogP contribution < -0.4 is 4.74 Å². The first-order valence-corrected chi connectivity index (χ1v) is 9.62. The average Bonchev–Trinajstić information content (AvgIpc) is 2.85. The molecule has 4 atom stereocenters. The third-order valence-corrected chi connectivity index (χ3v) is 5.54. The molecule has 27 heavy (non-hydrogen) atoms.